The number of esters is 1. The van der Waals surface area contributed by atoms with E-state index in [4.69, 9.17) is 9.47 Å². The van der Waals surface area contributed by atoms with Crippen molar-refractivity contribution in [3.05, 3.63) is 90.6 Å². The van der Waals surface area contributed by atoms with E-state index in [1.165, 1.54) is 15.9 Å². The van der Waals surface area contributed by atoms with Gasteiger partial charge in [0.05, 0.1) is 35.6 Å². The highest BCUT2D eigenvalue weighted by molar-refractivity contribution is 7.07. The molecule has 1 aliphatic rings. The van der Waals surface area contributed by atoms with Crippen molar-refractivity contribution in [2.75, 3.05) is 13.7 Å². The van der Waals surface area contributed by atoms with Gasteiger partial charge in [-0.15, -0.1) is 0 Å². The summed E-state index contributed by atoms with van der Waals surface area (Å²) in [5.41, 5.74) is 2.12. The zero-order valence-corrected chi connectivity index (χ0v) is 18.7. The number of nitrogens with zero attached hydrogens (tertiary/aromatic N) is 2. The summed E-state index contributed by atoms with van der Waals surface area (Å²) in [5, 5.41) is 9.51. The zero-order chi connectivity index (χ0) is 22.8. The largest absolute Gasteiger partial charge is 0.508 e. The Kier molecular flexibility index (Phi) is 5.96. The molecule has 32 heavy (non-hydrogen) atoms. The van der Waals surface area contributed by atoms with Gasteiger partial charge in [0.25, 0.3) is 5.56 Å². The molecule has 0 radical (unpaired) electrons. The van der Waals surface area contributed by atoms with Gasteiger partial charge in [0.1, 0.15) is 11.5 Å². The van der Waals surface area contributed by atoms with Crippen LogP contribution in [0.4, 0.5) is 0 Å². The Morgan fingerprint density at radius 1 is 1.19 bits per heavy atom. The predicted octanol–water partition coefficient (Wildman–Crippen LogP) is 2.51. The second-order valence-electron chi connectivity index (χ2n) is 7.17. The van der Waals surface area contributed by atoms with Gasteiger partial charge in [-0.1, -0.05) is 35.6 Å². The number of benzene rings is 2. The van der Waals surface area contributed by atoms with Crippen LogP contribution in [0.5, 0.6) is 11.5 Å². The zero-order valence-electron chi connectivity index (χ0n) is 17.9. The first-order chi connectivity index (χ1) is 15.4. The number of carbonyl (C=O) groups excluding carboxylic acids is 1. The molecule has 0 saturated carbocycles. The lowest BCUT2D eigenvalue weighted by molar-refractivity contribution is -0.139. The van der Waals surface area contributed by atoms with E-state index in [0.29, 0.717) is 26.4 Å². The normalized spacial score (nSPS) is 15.8. The van der Waals surface area contributed by atoms with E-state index in [0.717, 1.165) is 11.1 Å². The summed E-state index contributed by atoms with van der Waals surface area (Å²) in [4.78, 5) is 31.4. The number of ether oxygens (including phenoxy) is 2. The number of phenolic OH excluding ortho intramolecular Hbond substituents is 1. The van der Waals surface area contributed by atoms with Crippen molar-refractivity contribution < 1.29 is 19.4 Å². The minimum Gasteiger partial charge on any atom is -0.508 e. The molecule has 8 heteroatoms. The highest BCUT2D eigenvalue weighted by atomic mass is 32.1. The van der Waals surface area contributed by atoms with Crippen LogP contribution in [-0.2, 0) is 9.53 Å². The highest BCUT2D eigenvalue weighted by Gasteiger charge is 2.33. The Morgan fingerprint density at radius 2 is 1.88 bits per heavy atom. The van der Waals surface area contributed by atoms with Crippen LogP contribution in [0.2, 0.25) is 0 Å². The van der Waals surface area contributed by atoms with Gasteiger partial charge in [0.2, 0.25) is 0 Å². The SMILES string of the molecule is CCOC(=O)C1=C(C)N=c2s/c(=C/c3ccc(O)cc3)c(=O)n2C1c1ccc(OC)cc1. The number of carbonyl (C=O) groups is 1. The molecule has 1 atom stereocenters. The standard InChI is InChI=1S/C24H22N2O5S/c1-4-31-23(29)20-14(2)25-24-26(21(20)16-7-11-18(30-3)12-8-16)22(28)19(32-24)13-15-5-9-17(27)10-6-15/h5-13,21,27H,4H2,1-3H3/b19-13+. The number of fused-ring (bicyclic) bond motifs is 1. The molecule has 7 nitrogen and oxygen atoms in total. The summed E-state index contributed by atoms with van der Waals surface area (Å²) < 4.78 is 12.6. The summed E-state index contributed by atoms with van der Waals surface area (Å²) in [5.74, 6) is 0.326. The molecule has 4 rings (SSSR count). The van der Waals surface area contributed by atoms with Gasteiger partial charge in [-0.3, -0.25) is 9.36 Å². The maximum atomic E-state index is 13.5. The van der Waals surface area contributed by atoms with E-state index in [1.54, 1.807) is 63.4 Å². The van der Waals surface area contributed by atoms with Crippen molar-refractivity contribution in [3.63, 3.8) is 0 Å². The topological polar surface area (TPSA) is 90.1 Å². The van der Waals surface area contributed by atoms with E-state index < -0.39 is 12.0 Å². The number of allylic oxidation sites excluding steroid dienone is 1. The fourth-order valence-corrected chi connectivity index (χ4v) is 4.66. The average molecular weight is 451 g/mol. The molecule has 0 bridgehead atoms. The predicted molar refractivity (Wildman–Crippen MR) is 121 cm³/mol. The molecule has 2 aromatic carbocycles. The smallest absolute Gasteiger partial charge is 0.338 e. The van der Waals surface area contributed by atoms with Crippen LogP contribution < -0.4 is 19.6 Å². The molecule has 0 fully saturated rings. The minimum atomic E-state index is -0.668. The Labute approximate surface area is 188 Å². The van der Waals surface area contributed by atoms with Crippen LogP contribution in [0, 0.1) is 0 Å². The minimum absolute atomic E-state index is 0.151. The van der Waals surface area contributed by atoms with Crippen molar-refractivity contribution in [2.45, 2.75) is 19.9 Å². The lowest BCUT2D eigenvalue weighted by Crippen LogP contribution is -2.39. The fraction of sp³-hybridized carbons (Fsp3) is 0.208. The third-order valence-corrected chi connectivity index (χ3v) is 6.12. The number of hydrogen-bond acceptors (Lipinski definition) is 7. The molecule has 164 valence electrons. The Bertz CT molecular complexity index is 1370. The van der Waals surface area contributed by atoms with E-state index in [2.05, 4.69) is 4.99 Å². The van der Waals surface area contributed by atoms with Crippen molar-refractivity contribution in [1.29, 1.82) is 0 Å². The molecular weight excluding hydrogens is 428 g/mol. The van der Waals surface area contributed by atoms with Crippen molar-refractivity contribution in [3.8, 4) is 11.5 Å². The Morgan fingerprint density at radius 3 is 2.50 bits per heavy atom. The molecule has 2 heterocycles. The average Bonchev–Trinajstić information content (AvgIpc) is 3.09. The number of thiazole rings is 1. The van der Waals surface area contributed by atoms with Gasteiger partial charge in [0.15, 0.2) is 4.80 Å². The molecule has 3 aromatic rings. The lowest BCUT2D eigenvalue weighted by atomic mass is 9.96. The second kappa shape index (κ2) is 8.84. The molecule has 1 N–H and O–H groups in total. The van der Waals surface area contributed by atoms with Crippen LogP contribution in [0.25, 0.3) is 6.08 Å². The third kappa shape index (κ3) is 3.97. The Hall–Kier alpha value is -3.65. The Balaban J connectivity index is 1.93. The van der Waals surface area contributed by atoms with Gasteiger partial charge in [-0.25, -0.2) is 9.79 Å². The van der Waals surface area contributed by atoms with Crippen LogP contribution >= 0.6 is 11.3 Å². The van der Waals surface area contributed by atoms with Gasteiger partial charge in [-0.05, 0) is 55.3 Å². The first-order valence-electron chi connectivity index (χ1n) is 10.1. The summed E-state index contributed by atoms with van der Waals surface area (Å²) in [6.07, 6.45) is 1.75. The number of phenols is 1. The molecule has 0 amide bonds. The third-order valence-electron chi connectivity index (χ3n) is 5.14. The van der Waals surface area contributed by atoms with Crippen molar-refractivity contribution in [1.82, 2.24) is 4.57 Å². The van der Waals surface area contributed by atoms with E-state index in [1.807, 2.05) is 12.1 Å². The van der Waals surface area contributed by atoms with E-state index >= 15 is 0 Å². The van der Waals surface area contributed by atoms with Crippen LogP contribution in [0.15, 0.2) is 69.6 Å². The van der Waals surface area contributed by atoms with Gasteiger partial charge in [0, 0.05) is 0 Å². The van der Waals surface area contributed by atoms with Gasteiger partial charge < -0.3 is 14.6 Å². The number of methoxy groups -OCH3 is 1. The first-order valence-corrected chi connectivity index (χ1v) is 10.9. The van der Waals surface area contributed by atoms with Crippen molar-refractivity contribution >= 4 is 23.4 Å². The maximum Gasteiger partial charge on any atom is 0.338 e. The molecule has 0 aliphatic carbocycles. The lowest BCUT2D eigenvalue weighted by Gasteiger charge is -2.24. The van der Waals surface area contributed by atoms with Crippen LogP contribution in [-0.4, -0.2) is 29.4 Å². The summed E-state index contributed by atoms with van der Waals surface area (Å²) in [6.45, 7) is 3.71. The molecule has 1 unspecified atom stereocenters. The molecule has 0 saturated heterocycles. The van der Waals surface area contributed by atoms with Crippen molar-refractivity contribution in [2.24, 2.45) is 4.99 Å². The van der Waals surface area contributed by atoms with Gasteiger partial charge in [-0.2, -0.15) is 0 Å². The monoisotopic (exact) mass is 450 g/mol. The highest BCUT2D eigenvalue weighted by Crippen LogP contribution is 2.31. The number of aromatic hydroxyl groups is 1. The number of rotatable bonds is 5. The van der Waals surface area contributed by atoms with Crippen LogP contribution in [0.3, 0.4) is 0 Å². The summed E-state index contributed by atoms with van der Waals surface area (Å²) in [7, 11) is 1.58. The first kappa shape index (κ1) is 21.6. The maximum absolute atomic E-state index is 13.5. The van der Waals surface area contributed by atoms with Gasteiger partial charge >= 0.3 is 5.97 Å². The second-order valence-corrected chi connectivity index (χ2v) is 8.18. The quantitative estimate of drug-likeness (QED) is 0.604. The number of hydrogen-bond donors (Lipinski definition) is 1. The summed E-state index contributed by atoms with van der Waals surface area (Å²) >= 11 is 1.25. The van der Waals surface area contributed by atoms with E-state index in [-0.39, 0.29) is 17.9 Å². The van der Waals surface area contributed by atoms with Crippen LogP contribution in [0.1, 0.15) is 31.0 Å². The fourth-order valence-electron chi connectivity index (χ4n) is 3.62. The molecule has 1 aromatic heterocycles. The molecule has 0 spiro atoms. The van der Waals surface area contributed by atoms with E-state index in [9.17, 15) is 14.7 Å². The molecular formula is C24H22N2O5S. The summed E-state index contributed by atoms with van der Waals surface area (Å²) in [6, 6.07) is 13.2. The molecule has 1 aliphatic heterocycles. The number of aromatic nitrogens is 1.